The number of carbonyl (C=O) groups excluding carboxylic acids is 1. The van der Waals surface area contributed by atoms with Crippen molar-refractivity contribution in [2.24, 2.45) is 5.92 Å². The van der Waals surface area contributed by atoms with Crippen molar-refractivity contribution in [3.05, 3.63) is 0 Å². The first-order chi connectivity index (χ1) is 6.24. The minimum absolute atomic E-state index is 0.195. The molecule has 3 N–H and O–H groups in total. The lowest BCUT2D eigenvalue weighted by molar-refractivity contribution is -0.185. The lowest BCUT2D eigenvalue weighted by atomic mass is 10.1. The number of amides is 1. The summed E-state index contributed by atoms with van der Waals surface area (Å²) in [4.78, 5) is 11.5. The zero-order valence-corrected chi connectivity index (χ0v) is 7.60. The second-order valence-electron chi connectivity index (χ2n) is 2.84. The van der Waals surface area contributed by atoms with Gasteiger partial charge in [0.15, 0.2) is 0 Å². The standard InChI is InChI=1S/C7H15N3O3/c1-2-10-8-3-6(4-11)7(13)9(10)5-12/h6,8,11-12H,2-5H2,1H3. The number of carbonyl (C=O) groups is 1. The van der Waals surface area contributed by atoms with Crippen molar-refractivity contribution in [1.29, 1.82) is 0 Å². The minimum atomic E-state index is -0.449. The number of hydrogen-bond donors (Lipinski definition) is 3. The maximum absolute atomic E-state index is 11.5. The largest absolute Gasteiger partial charge is 0.395 e. The van der Waals surface area contributed by atoms with Gasteiger partial charge in [-0.3, -0.25) is 4.79 Å². The molecule has 0 aromatic carbocycles. The molecule has 1 unspecified atom stereocenters. The molecule has 0 saturated carbocycles. The molecule has 1 rings (SSSR count). The predicted octanol–water partition coefficient (Wildman–Crippen LogP) is -1.87. The molecule has 0 radical (unpaired) electrons. The first-order valence-corrected chi connectivity index (χ1v) is 4.28. The van der Waals surface area contributed by atoms with Gasteiger partial charge in [-0.15, -0.1) is 0 Å². The van der Waals surface area contributed by atoms with E-state index in [9.17, 15) is 4.79 Å². The Morgan fingerprint density at radius 3 is 2.77 bits per heavy atom. The summed E-state index contributed by atoms with van der Waals surface area (Å²) in [7, 11) is 0. The van der Waals surface area contributed by atoms with Crippen LogP contribution in [-0.4, -0.2) is 52.7 Å². The van der Waals surface area contributed by atoms with Crippen LogP contribution in [0.3, 0.4) is 0 Å². The first kappa shape index (κ1) is 10.4. The Hall–Kier alpha value is -0.690. The third-order valence-electron chi connectivity index (χ3n) is 2.07. The Balaban J connectivity index is 2.65. The van der Waals surface area contributed by atoms with Crippen molar-refractivity contribution in [3.63, 3.8) is 0 Å². The zero-order chi connectivity index (χ0) is 9.84. The summed E-state index contributed by atoms with van der Waals surface area (Å²) >= 11 is 0. The van der Waals surface area contributed by atoms with Crippen molar-refractivity contribution in [2.75, 3.05) is 26.4 Å². The Morgan fingerprint density at radius 2 is 2.31 bits per heavy atom. The second-order valence-corrected chi connectivity index (χ2v) is 2.84. The van der Waals surface area contributed by atoms with Crippen LogP contribution in [0.25, 0.3) is 0 Å². The summed E-state index contributed by atoms with van der Waals surface area (Å²) < 4.78 is 0. The van der Waals surface area contributed by atoms with Gasteiger partial charge in [-0.05, 0) is 6.92 Å². The van der Waals surface area contributed by atoms with E-state index in [0.29, 0.717) is 13.1 Å². The molecular weight excluding hydrogens is 174 g/mol. The lowest BCUT2D eigenvalue weighted by Gasteiger charge is -2.39. The molecule has 6 nitrogen and oxygen atoms in total. The number of rotatable bonds is 3. The van der Waals surface area contributed by atoms with E-state index >= 15 is 0 Å². The molecule has 0 aromatic rings. The molecule has 1 atom stereocenters. The van der Waals surface area contributed by atoms with E-state index in [2.05, 4.69) is 5.43 Å². The smallest absolute Gasteiger partial charge is 0.246 e. The molecule has 13 heavy (non-hydrogen) atoms. The monoisotopic (exact) mass is 189 g/mol. The van der Waals surface area contributed by atoms with E-state index in [1.807, 2.05) is 6.92 Å². The van der Waals surface area contributed by atoms with Crippen LogP contribution in [0, 0.1) is 5.92 Å². The highest BCUT2D eigenvalue weighted by Crippen LogP contribution is 2.09. The van der Waals surface area contributed by atoms with Gasteiger partial charge in [-0.1, -0.05) is 0 Å². The molecule has 1 amide bonds. The van der Waals surface area contributed by atoms with Crippen LogP contribution in [0.5, 0.6) is 0 Å². The van der Waals surface area contributed by atoms with Crippen LogP contribution in [-0.2, 0) is 4.79 Å². The van der Waals surface area contributed by atoms with E-state index < -0.39 is 5.92 Å². The van der Waals surface area contributed by atoms with Gasteiger partial charge < -0.3 is 10.2 Å². The molecular formula is C7H15N3O3. The van der Waals surface area contributed by atoms with E-state index in [1.165, 1.54) is 10.1 Å². The van der Waals surface area contributed by atoms with Crippen LogP contribution in [0.1, 0.15) is 6.92 Å². The van der Waals surface area contributed by atoms with Gasteiger partial charge in [0.05, 0.1) is 12.5 Å². The third-order valence-corrected chi connectivity index (χ3v) is 2.07. The van der Waals surface area contributed by atoms with Gasteiger partial charge in [-0.2, -0.15) is 5.12 Å². The van der Waals surface area contributed by atoms with Gasteiger partial charge in [0.25, 0.3) is 0 Å². The number of aliphatic hydroxyl groups is 2. The van der Waals surface area contributed by atoms with Crippen LogP contribution in [0.4, 0.5) is 0 Å². The van der Waals surface area contributed by atoms with Gasteiger partial charge >= 0.3 is 0 Å². The molecule has 1 aliphatic rings. The molecule has 0 aliphatic carbocycles. The number of aliphatic hydroxyl groups excluding tert-OH is 2. The lowest BCUT2D eigenvalue weighted by Crippen LogP contribution is -2.62. The Labute approximate surface area is 76.7 Å². The molecule has 6 heteroatoms. The maximum atomic E-state index is 11.5. The first-order valence-electron chi connectivity index (χ1n) is 4.28. The normalized spacial score (nSPS) is 25.3. The van der Waals surface area contributed by atoms with Crippen molar-refractivity contribution < 1.29 is 15.0 Å². The molecule has 1 heterocycles. The average Bonchev–Trinajstić information content (AvgIpc) is 2.17. The summed E-state index contributed by atoms with van der Waals surface area (Å²) in [6.45, 7) is 2.31. The summed E-state index contributed by atoms with van der Waals surface area (Å²) in [5.41, 5.74) is 2.92. The van der Waals surface area contributed by atoms with Crippen molar-refractivity contribution in [3.8, 4) is 0 Å². The van der Waals surface area contributed by atoms with Crippen LogP contribution in [0.2, 0.25) is 0 Å². The SMILES string of the molecule is CCN1NCC(CO)C(=O)N1CO. The maximum Gasteiger partial charge on any atom is 0.246 e. The minimum Gasteiger partial charge on any atom is -0.395 e. The highest BCUT2D eigenvalue weighted by Gasteiger charge is 2.32. The topological polar surface area (TPSA) is 76.0 Å². The van der Waals surface area contributed by atoms with Gasteiger partial charge in [0, 0.05) is 13.1 Å². The van der Waals surface area contributed by atoms with Crippen LogP contribution in [0.15, 0.2) is 0 Å². The molecule has 1 fully saturated rings. The summed E-state index contributed by atoms with van der Waals surface area (Å²) in [6.07, 6.45) is 0. The third kappa shape index (κ3) is 1.97. The molecule has 1 saturated heterocycles. The second kappa shape index (κ2) is 4.52. The molecule has 0 spiro atoms. The van der Waals surface area contributed by atoms with Crippen molar-refractivity contribution in [2.45, 2.75) is 6.92 Å². The van der Waals surface area contributed by atoms with Crippen molar-refractivity contribution >= 4 is 5.91 Å². The van der Waals surface area contributed by atoms with E-state index in [4.69, 9.17) is 10.2 Å². The zero-order valence-electron chi connectivity index (χ0n) is 7.60. The predicted molar refractivity (Wildman–Crippen MR) is 44.9 cm³/mol. The average molecular weight is 189 g/mol. The van der Waals surface area contributed by atoms with Crippen LogP contribution >= 0.6 is 0 Å². The van der Waals surface area contributed by atoms with Gasteiger partial charge in [0.1, 0.15) is 6.73 Å². The van der Waals surface area contributed by atoms with Gasteiger partial charge in [0.2, 0.25) is 5.91 Å². The number of hydrogen-bond acceptors (Lipinski definition) is 5. The molecule has 0 bridgehead atoms. The van der Waals surface area contributed by atoms with E-state index in [-0.39, 0.29) is 19.2 Å². The summed E-state index contributed by atoms with van der Waals surface area (Å²) in [5.74, 6) is -0.694. The molecule has 1 aliphatic heterocycles. The Bertz CT molecular complexity index is 188. The number of nitrogens with one attached hydrogen (secondary N) is 1. The van der Waals surface area contributed by atoms with Crippen LogP contribution < -0.4 is 5.43 Å². The quantitative estimate of drug-likeness (QED) is 0.485. The highest BCUT2D eigenvalue weighted by atomic mass is 16.3. The fourth-order valence-electron chi connectivity index (χ4n) is 1.29. The summed E-state index contributed by atoms with van der Waals surface area (Å²) in [5, 5.41) is 20.5. The molecule has 0 aromatic heterocycles. The van der Waals surface area contributed by atoms with E-state index in [1.54, 1.807) is 0 Å². The summed E-state index contributed by atoms with van der Waals surface area (Å²) in [6, 6.07) is 0. The Kier molecular flexibility index (Phi) is 3.61. The number of nitrogens with zero attached hydrogens (tertiary/aromatic N) is 2. The fourth-order valence-corrected chi connectivity index (χ4v) is 1.29. The molecule has 76 valence electrons. The Morgan fingerprint density at radius 1 is 1.62 bits per heavy atom. The van der Waals surface area contributed by atoms with Gasteiger partial charge in [-0.25, -0.2) is 10.4 Å². The fraction of sp³-hybridized carbons (Fsp3) is 0.857. The van der Waals surface area contributed by atoms with Crippen molar-refractivity contribution in [1.82, 2.24) is 15.6 Å². The van der Waals surface area contributed by atoms with E-state index in [0.717, 1.165) is 0 Å². The highest BCUT2D eigenvalue weighted by molar-refractivity contribution is 5.79. The number of hydrazine groups is 2.